The largest absolute Gasteiger partial charge is 0.397 e. The fraction of sp³-hybridized carbons (Fsp3) is 0.238. The van der Waals surface area contributed by atoms with Gasteiger partial charge < -0.3 is 15.5 Å². The summed E-state index contributed by atoms with van der Waals surface area (Å²) in [5.41, 5.74) is 3.48. The average molecular weight is 495 g/mol. The predicted molar refractivity (Wildman–Crippen MR) is 123 cm³/mol. The normalized spacial score (nSPS) is 16.3. The molecule has 172 valence electrons. The molecule has 33 heavy (non-hydrogen) atoms. The number of nitrogens with zero attached hydrogens (tertiary/aromatic N) is 5. The third-order valence-electron chi connectivity index (χ3n) is 5.56. The van der Waals surface area contributed by atoms with Crippen LogP contribution in [0.15, 0.2) is 35.9 Å². The Morgan fingerprint density at radius 3 is 2.64 bits per heavy atom. The van der Waals surface area contributed by atoms with E-state index in [0.717, 1.165) is 23.0 Å². The Hall–Kier alpha value is -3.24. The molecule has 0 saturated carbocycles. The average Bonchev–Trinajstić information content (AvgIpc) is 2.79. The van der Waals surface area contributed by atoms with Crippen molar-refractivity contribution < 1.29 is 13.6 Å². The summed E-state index contributed by atoms with van der Waals surface area (Å²) in [5.74, 6) is -2.00. The van der Waals surface area contributed by atoms with Gasteiger partial charge in [0.15, 0.2) is 11.6 Å². The summed E-state index contributed by atoms with van der Waals surface area (Å²) in [6.45, 7) is 6.52. The topological polar surface area (TPSA) is 96.8 Å². The second-order valence-corrected chi connectivity index (χ2v) is 8.34. The molecule has 2 aromatic heterocycles. The number of halogens is 4. The first-order valence-corrected chi connectivity index (χ1v) is 10.6. The molecule has 8 nitrogen and oxygen atoms in total. The van der Waals surface area contributed by atoms with Crippen LogP contribution in [-0.4, -0.2) is 51.1 Å². The zero-order valence-corrected chi connectivity index (χ0v) is 18.9. The molecule has 0 radical (unpaired) electrons. The number of piperazine rings is 1. The summed E-state index contributed by atoms with van der Waals surface area (Å²) in [6, 6.07) is 1.92. The maximum absolute atomic E-state index is 15.3. The number of benzene rings is 1. The quantitative estimate of drug-likeness (QED) is 0.341. The second kappa shape index (κ2) is 8.60. The number of fused-ring (bicyclic) bond motifs is 1. The zero-order chi connectivity index (χ0) is 24.0. The molecule has 1 aliphatic rings. The van der Waals surface area contributed by atoms with Gasteiger partial charge in [0.1, 0.15) is 17.7 Å². The summed E-state index contributed by atoms with van der Waals surface area (Å²) in [6.07, 6.45) is 2.38. The second-order valence-electron chi connectivity index (χ2n) is 7.53. The highest BCUT2D eigenvalue weighted by Crippen LogP contribution is 2.38. The number of aromatic nitrogens is 3. The maximum Gasteiger partial charge on any atom is 0.282 e. The van der Waals surface area contributed by atoms with Gasteiger partial charge in [0.2, 0.25) is 5.91 Å². The molecule has 3 heterocycles. The molecule has 1 atom stereocenters. The van der Waals surface area contributed by atoms with Gasteiger partial charge in [-0.2, -0.15) is 9.61 Å². The van der Waals surface area contributed by atoms with Crippen LogP contribution in [0.1, 0.15) is 6.92 Å². The summed E-state index contributed by atoms with van der Waals surface area (Å²) in [5, 5.41) is 3.42. The van der Waals surface area contributed by atoms with E-state index in [4.69, 9.17) is 28.9 Å². The SMILES string of the molecule is C=CC(=O)N1CCN(c2ncnn3c(=O)c(-c4c(N)c(Cl)cc(Cl)c4F)c(F)cc23)[C@@H](C)C1. The van der Waals surface area contributed by atoms with Gasteiger partial charge in [-0.05, 0) is 19.1 Å². The number of anilines is 2. The lowest BCUT2D eigenvalue weighted by Crippen LogP contribution is -2.53. The number of hydrogen-bond donors (Lipinski definition) is 1. The van der Waals surface area contributed by atoms with Gasteiger partial charge in [0, 0.05) is 31.7 Å². The monoisotopic (exact) mass is 494 g/mol. The van der Waals surface area contributed by atoms with Crippen molar-refractivity contribution in [3.05, 3.63) is 63.1 Å². The minimum absolute atomic E-state index is 0.0752. The fourth-order valence-corrected chi connectivity index (χ4v) is 4.41. The van der Waals surface area contributed by atoms with E-state index < -0.39 is 33.3 Å². The third kappa shape index (κ3) is 3.79. The van der Waals surface area contributed by atoms with Crippen LogP contribution >= 0.6 is 23.2 Å². The highest BCUT2D eigenvalue weighted by Gasteiger charge is 2.30. The van der Waals surface area contributed by atoms with Crippen LogP contribution in [-0.2, 0) is 4.79 Å². The number of carbonyl (C=O) groups is 1. The summed E-state index contributed by atoms with van der Waals surface area (Å²) in [4.78, 5) is 32.9. The number of amides is 1. The first-order chi connectivity index (χ1) is 15.6. The molecule has 3 aromatic rings. The van der Waals surface area contributed by atoms with E-state index in [2.05, 4.69) is 16.7 Å². The Kier molecular flexibility index (Phi) is 5.98. The van der Waals surface area contributed by atoms with Gasteiger partial charge in [-0.1, -0.05) is 29.8 Å². The number of pyridine rings is 1. The van der Waals surface area contributed by atoms with Crippen molar-refractivity contribution in [2.24, 2.45) is 0 Å². The fourth-order valence-electron chi connectivity index (χ4n) is 3.95. The van der Waals surface area contributed by atoms with Crippen molar-refractivity contribution in [1.82, 2.24) is 19.5 Å². The van der Waals surface area contributed by atoms with Crippen molar-refractivity contribution in [3.63, 3.8) is 0 Å². The van der Waals surface area contributed by atoms with Crippen LogP contribution in [0.5, 0.6) is 0 Å². The standard InChI is InChI=1S/C21H18Cl2F2N6O2/c1-3-15(32)29-4-5-30(10(2)8-29)20-14-7-13(24)16(21(33)31(14)28-9-27-20)17-18(25)11(22)6-12(23)19(17)26/h3,6-7,9-10H,1,4-5,8,26H2,2H3/t10-/m0/s1. The molecule has 0 unspecified atom stereocenters. The van der Waals surface area contributed by atoms with Gasteiger partial charge >= 0.3 is 0 Å². The molecule has 1 saturated heterocycles. The molecule has 1 aromatic carbocycles. The molecule has 0 bridgehead atoms. The van der Waals surface area contributed by atoms with E-state index in [0.29, 0.717) is 25.5 Å². The predicted octanol–water partition coefficient (Wildman–Crippen LogP) is 3.15. The molecule has 1 amide bonds. The minimum Gasteiger partial charge on any atom is -0.397 e. The molecule has 1 fully saturated rings. The van der Waals surface area contributed by atoms with E-state index in [-0.39, 0.29) is 28.2 Å². The number of hydrogen-bond acceptors (Lipinski definition) is 6. The van der Waals surface area contributed by atoms with Crippen molar-refractivity contribution in [3.8, 4) is 11.1 Å². The molecular weight excluding hydrogens is 477 g/mol. The van der Waals surface area contributed by atoms with Gasteiger partial charge in [0.05, 0.1) is 26.9 Å². The molecule has 1 aliphatic heterocycles. The Morgan fingerprint density at radius 1 is 1.24 bits per heavy atom. The van der Waals surface area contributed by atoms with Gasteiger partial charge in [-0.25, -0.2) is 13.8 Å². The Balaban J connectivity index is 1.87. The summed E-state index contributed by atoms with van der Waals surface area (Å²) in [7, 11) is 0. The van der Waals surface area contributed by atoms with Gasteiger partial charge in [-0.15, -0.1) is 0 Å². The maximum atomic E-state index is 15.3. The Bertz CT molecular complexity index is 1340. The highest BCUT2D eigenvalue weighted by molar-refractivity contribution is 6.37. The van der Waals surface area contributed by atoms with Crippen molar-refractivity contribution in [2.75, 3.05) is 30.3 Å². The summed E-state index contributed by atoms with van der Waals surface area (Å²) >= 11 is 11.8. The van der Waals surface area contributed by atoms with Crippen LogP contribution in [0.3, 0.4) is 0 Å². The molecule has 0 aliphatic carbocycles. The first kappa shape index (κ1) is 22.9. The van der Waals surface area contributed by atoms with Gasteiger partial charge in [0.25, 0.3) is 5.56 Å². The molecule has 2 N–H and O–H groups in total. The lowest BCUT2D eigenvalue weighted by atomic mass is 10.0. The van der Waals surface area contributed by atoms with Crippen LogP contribution in [0.2, 0.25) is 10.0 Å². The lowest BCUT2D eigenvalue weighted by Gasteiger charge is -2.40. The first-order valence-electron chi connectivity index (χ1n) is 9.83. The highest BCUT2D eigenvalue weighted by atomic mass is 35.5. The van der Waals surface area contributed by atoms with Crippen molar-refractivity contribution in [2.45, 2.75) is 13.0 Å². The van der Waals surface area contributed by atoms with E-state index in [1.165, 1.54) is 6.08 Å². The van der Waals surface area contributed by atoms with Crippen molar-refractivity contribution >= 4 is 46.1 Å². The number of nitrogens with two attached hydrogens (primary N) is 1. The lowest BCUT2D eigenvalue weighted by molar-refractivity contribution is -0.126. The zero-order valence-electron chi connectivity index (χ0n) is 17.4. The third-order valence-corrected chi connectivity index (χ3v) is 6.15. The summed E-state index contributed by atoms with van der Waals surface area (Å²) < 4.78 is 31.0. The number of carbonyl (C=O) groups excluding carboxylic acids is 1. The Morgan fingerprint density at radius 2 is 1.97 bits per heavy atom. The van der Waals surface area contributed by atoms with Crippen molar-refractivity contribution in [1.29, 1.82) is 0 Å². The smallest absolute Gasteiger partial charge is 0.282 e. The van der Waals surface area contributed by atoms with E-state index in [9.17, 15) is 14.0 Å². The van der Waals surface area contributed by atoms with Crippen LogP contribution < -0.4 is 16.2 Å². The van der Waals surface area contributed by atoms with Gasteiger partial charge in [-0.3, -0.25) is 9.59 Å². The van der Waals surface area contributed by atoms with Crippen LogP contribution in [0.4, 0.5) is 20.3 Å². The number of nitrogen functional groups attached to an aromatic ring is 1. The number of rotatable bonds is 3. The minimum atomic E-state index is -1.07. The van der Waals surface area contributed by atoms with Crippen LogP contribution in [0, 0.1) is 11.6 Å². The van der Waals surface area contributed by atoms with Crippen LogP contribution in [0.25, 0.3) is 16.6 Å². The molecular formula is C21H18Cl2F2N6O2. The molecule has 12 heteroatoms. The van der Waals surface area contributed by atoms with E-state index in [1.54, 1.807) is 4.90 Å². The molecule has 4 rings (SSSR count). The van der Waals surface area contributed by atoms with E-state index in [1.807, 2.05) is 11.8 Å². The Labute approximate surface area is 196 Å². The molecule has 0 spiro atoms. The van der Waals surface area contributed by atoms with E-state index >= 15 is 4.39 Å².